The first-order chi connectivity index (χ1) is 13.9. The number of anilines is 1. The quantitative estimate of drug-likeness (QED) is 0.701. The highest BCUT2D eigenvalue weighted by atomic mass is 35.5. The van der Waals surface area contributed by atoms with E-state index in [2.05, 4.69) is 5.32 Å². The molecule has 0 unspecified atom stereocenters. The van der Waals surface area contributed by atoms with Crippen LogP contribution in [0.25, 0.3) is 0 Å². The number of sulfonamides is 1. The van der Waals surface area contributed by atoms with Gasteiger partial charge in [0.2, 0.25) is 10.0 Å². The minimum atomic E-state index is -3.54. The summed E-state index contributed by atoms with van der Waals surface area (Å²) in [5, 5.41) is 3.12. The fraction of sp³-hybridized carbons (Fsp3) is 0.381. The van der Waals surface area contributed by atoms with Gasteiger partial charge in [-0.2, -0.15) is 4.31 Å². The fourth-order valence-electron chi connectivity index (χ4n) is 3.45. The minimum absolute atomic E-state index is 0.0510. The highest BCUT2D eigenvalue weighted by molar-refractivity contribution is 7.89. The van der Waals surface area contributed by atoms with E-state index < -0.39 is 10.0 Å². The fourth-order valence-corrected chi connectivity index (χ4v) is 5.40. The van der Waals surface area contributed by atoms with Crippen molar-refractivity contribution in [2.45, 2.75) is 43.5 Å². The number of carbonyl (C=O) groups excluding carboxylic acids is 1. The summed E-state index contributed by atoms with van der Waals surface area (Å²) in [5.74, 6) is 0.0698. The van der Waals surface area contributed by atoms with Crippen molar-refractivity contribution in [1.82, 2.24) is 4.31 Å². The largest absolute Gasteiger partial charge is 0.482 e. The Bertz CT molecular complexity index is 947. The number of rotatable bonds is 7. The molecule has 1 heterocycles. The van der Waals surface area contributed by atoms with Crippen molar-refractivity contribution in [2.24, 2.45) is 0 Å². The predicted octanol–water partition coefficient (Wildman–Crippen LogP) is 4.31. The maximum atomic E-state index is 13.0. The van der Waals surface area contributed by atoms with Gasteiger partial charge in [-0.15, -0.1) is 0 Å². The van der Waals surface area contributed by atoms with Crippen LogP contribution in [0.3, 0.4) is 0 Å². The molecule has 1 fully saturated rings. The summed E-state index contributed by atoms with van der Waals surface area (Å²) in [7, 11) is -3.54. The summed E-state index contributed by atoms with van der Waals surface area (Å²) in [6, 6.07) is 13.2. The number of benzene rings is 2. The molecule has 2 aromatic carbocycles. The van der Waals surface area contributed by atoms with Crippen molar-refractivity contribution in [1.29, 1.82) is 0 Å². The lowest BCUT2D eigenvalue weighted by molar-refractivity contribution is -0.118. The molecule has 1 aliphatic rings. The molecule has 156 valence electrons. The molecule has 1 saturated heterocycles. The van der Waals surface area contributed by atoms with Gasteiger partial charge in [0.1, 0.15) is 5.75 Å². The van der Waals surface area contributed by atoms with Crippen molar-refractivity contribution < 1.29 is 17.9 Å². The topological polar surface area (TPSA) is 75.7 Å². The lowest BCUT2D eigenvalue weighted by Gasteiger charge is -2.34. The van der Waals surface area contributed by atoms with Gasteiger partial charge in [0.15, 0.2) is 6.61 Å². The van der Waals surface area contributed by atoms with Crippen molar-refractivity contribution in [3.05, 3.63) is 53.6 Å². The Balaban J connectivity index is 1.62. The highest BCUT2D eigenvalue weighted by Crippen LogP contribution is 2.27. The third kappa shape index (κ3) is 5.29. The van der Waals surface area contributed by atoms with Gasteiger partial charge >= 0.3 is 0 Å². The molecule has 0 aromatic heterocycles. The van der Waals surface area contributed by atoms with E-state index in [-0.39, 0.29) is 23.5 Å². The molecule has 8 heteroatoms. The van der Waals surface area contributed by atoms with Gasteiger partial charge in [0.25, 0.3) is 5.91 Å². The monoisotopic (exact) mass is 436 g/mol. The molecule has 29 heavy (non-hydrogen) atoms. The molecule has 0 radical (unpaired) electrons. The minimum Gasteiger partial charge on any atom is -0.482 e. The molecular formula is C21H25ClN2O4S. The summed E-state index contributed by atoms with van der Waals surface area (Å²) in [6.07, 6.45) is 3.65. The molecule has 0 saturated carbocycles. The van der Waals surface area contributed by atoms with E-state index in [9.17, 15) is 13.2 Å². The van der Waals surface area contributed by atoms with Crippen LogP contribution in [0.1, 0.15) is 32.6 Å². The number of ether oxygens (including phenoxy) is 1. The molecule has 0 aliphatic carbocycles. The smallest absolute Gasteiger partial charge is 0.262 e. The summed E-state index contributed by atoms with van der Waals surface area (Å²) in [6.45, 7) is 2.37. The predicted molar refractivity (Wildman–Crippen MR) is 114 cm³/mol. The second-order valence-corrected chi connectivity index (χ2v) is 9.26. The maximum absolute atomic E-state index is 13.0. The van der Waals surface area contributed by atoms with Crippen LogP contribution in [0.15, 0.2) is 53.4 Å². The van der Waals surface area contributed by atoms with Gasteiger partial charge in [-0.25, -0.2) is 8.42 Å². The Kier molecular flexibility index (Phi) is 7.16. The summed E-state index contributed by atoms with van der Waals surface area (Å²) >= 11 is 6.00. The molecule has 1 amide bonds. The number of hydrogen-bond acceptors (Lipinski definition) is 4. The molecule has 6 nitrogen and oxygen atoms in total. The number of amides is 1. The third-order valence-electron chi connectivity index (χ3n) is 4.98. The maximum Gasteiger partial charge on any atom is 0.262 e. The third-order valence-corrected chi connectivity index (χ3v) is 7.26. The lowest BCUT2D eigenvalue weighted by Crippen LogP contribution is -2.43. The number of para-hydroxylation sites is 1. The summed E-state index contributed by atoms with van der Waals surface area (Å²) in [4.78, 5) is 12.3. The molecule has 1 atom stereocenters. The molecule has 0 bridgehead atoms. The first-order valence-electron chi connectivity index (χ1n) is 9.71. The number of nitrogens with one attached hydrogen (secondary N) is 1. The number of nitrogens with zero attached hydrogens (tertiary/aromatic N) is 1. The van der Waals surface area contributed by atoms with Crippen molar-refractivity contribution >= 4 is 33.2 Å². The van der Waals surface area contributed by atoms with Crippen LogP contribution in [0.2, 0.25) is 5.02 Å². The normalized spacial score (nSPS) is 17.7. The first kappa shape index (κ1) is 21.6. The SMILES string of the molecule is CC[C@H]1CCCCN1S(=O)(=O)c1ccc(NC(=O)COc2ccccc2Cl)cc1. The van der Waals surface area contributed by atoms with Crippen molar-refractivity contribution in [2.75, 3.05) is 18.5 Å². The van der Waals surface area contributed by atoms with E-state index in [1.165, 1.54) is 12.1 Å². The van der Waals surface area contributed by atoms with E-state index in [1.807, 2.05) is 6.92 Å². The number of carbonyl (C=O) groups is 1. The Labute approximate surface area is 176 Å². The zero-order chi connectivity index (χ0) is 20.9. The van der Waals surface area contributed by atoms with Crippen LogP contribution in [-0.2, 0) is 14.8 Å². The second kappa shape index (κ2) is 9.61. The molecule has 0 spiro atoms. The zero-order valence-electron chi connectivity index (χ0n) is 16.3. The number of halogens is 1. The molecular weight excluding hydrogens is 412 g/mol. The first-order valence-corrected chi connectivity index (χ1v) is 11.5. The van der Waals surface area contributed by atoms with E-state index in [0.29, 0.717) is 23.0 Å². The molecule has 1 N–H and O–H groups in total. The molecule has 2 aromatic rings. The lowest BCUT2D eigenvalue weighted by atomic mass is 10.0. The average molecular weight is 437 g/mol. The number of piperidine rings is 1. The van der Waals surface area contributed by atoms with Crippen LogP contribution in [0.5, 0.6) is 5.75 Å². The van der Waals surface area contributed by atoms with E-state index >= 15 is 0 Å². The van der Waals surface area contributed by atoms with Crippen molar-refractivity contribution in [3.8, 4) is 5.75 Å². The van der Waals surface area contributed by atoms with Gasteiger partial charge in [0.05, 0.1) is 9.92 Å². The zero-order valence-corrected chi connectivity index (χ0v) is 17.9. The second-order valence-electron chi connectivity index (χ2n) is 6.97. The standard InChI is InChI=1S/C21H25ClN2O4S/c1-2-17-7-5-6-14-24(17)29(26,27)18-12-10-16(11-13-18)23-21(25)15-28-20-9-4-3-8-19(20)22/h3-4,8-13,17H,2,5-7,14-15H2,1H3,(H,23,25)/t17-/m0/s1. The molecule has 1 aliphatic heterocycles. The van der Waals surface area contributed by atoms with Gasteiger partial charge in [-0.1, -0.05) is 37.1 Å². The molecule has 3 rings (SSSR count). The van der Waals surface area contributed by atoms with Gasteiger partial charge in [0, 0.05) is 18.3 Å². The van der Waals surface area contributed by atoms with Crippen LogP contribution in [-0.4, -0.2) is 37.8 Å². The van der Waals surface area contributed by atoms with Crippen LogP contribution in [0.4, 0.5) is 5.69 Å². The van der Waals surface area contributed by atoms with Gasteiger partial charge in [-0.05, 0) is 55.7 Å². The Morgan fingerprint density at radius 3 is 2.59 bits per heavy atom. The number of hydrogen-bond donors (Lipinski definition) is 1. The van der Waals surface area contributed by atoms with E-state index in [1.54, 1.807) is 40.7 Å². The highest BCUT2D eigenvalue weighted by Gasteiger charge is 2.32. The average Bonchev–Trinajstić information content (AvgIpc) is 2.73. The van der Waals surface area contributed by atoms with Crippen LogP contribution in [0, 0.1) is 0 Å². The Morgan fingerprint density at radius 2 is 1.90 bits per heavy atom. The van der Waals surface area contributed by atoms with Gasteiger partial charge < -0.3 is 10.1 Å². The van der Waals surface area contributed by atoms with E-state index in [0.717, 1.165) is 25.7 Å². The summed E-state index contributed by atoms with van der Waals surface area (Å²) in [5.41, 5.74) is 0.502. The summed E-state index contributed by atoms with van der Waals surface area (Å²) < 4.78 is 33.0. The van der Waals surface area contributed by atoms with Crippen molar-refractivity contribution in [3.63, 3.8) is 0 Å². The van der Waals surface area contributed by atoms with Crippen LogP contribution >= 0.6 is 11.6 Å². The Morgan fingerprint density at radius 1 is 1.17 bits per heavy atom. The van der Waals surface area contributed by atoms with E-state index in [4.69, 9.17) is 16.3 Å². The van der Waals surface area contributed by atoms with Crippen LogP contribution < -0.4 is 10.1 Å². The van der Waals surface area contributed by atoms with Gasteiger partial charge in [-0.3, -0.25) is 4.79 Å². The Hall–Kier alpha value is -2.09.